The van der Waals surface area contributed by atoms with E-state index in [2.05, 4.69) is 18.7 Å². The molecule has 0 unspecified atom stereocenters. The smallest absolute Gasteiger partial charge is 0.298 e. The Morgan fingerprint density at radius 3 is 2.52 bits per heavy atom. The molecule has 0 spiro atoms. The number of carbonyl (C=O) groups is 2. The van der Waals surface area contributed by atoms with Crippen LogP contribution in [-0.4, -0.2) is 30.8 Å². The van der Waals surface area contributed by atoms with Crippen LogP contribution in [0.25, 0.3) is 6.08 Å². The van der Waals surface area contributed by atoms with Gasteiger partial charge in [-0.25, -0.2) is 4.90 Å². The zero-order chi connectivity index (χ0) is 21.0. The van der Waals surface area contributed by atoms with E-state index in [9.17, 15) is 9.59 Å². The predicted molar refractivity (Wildman–Crippen MR) is 121 cm³/mol. The van der Waals surface area contributed by atoms with E-state index in [4.69, 9.17) is 16.3 Å². The van der Waals surface area contributed by atoms with Crippen LogP contribution < -0.4 is 14.5 Å². The molecule has 2 aromatic rings. The van der Waals surface area contributed by atoms with Crippen LogP contribution in [0.1, 0.15) is 26.3 Å². The Morgan fingerprint density at radius 2 is 1.86 bits per heavy atom. The number of halogens is 1. The van der Waals surface area contributed by atoms with Crippen LogP contribution in [0.4, 0.5) is 16.2 Å². The third-order valence-electron chi connectivity index (χ3n) is 4.57. The van der Waals surface area contributed by atoms with Crippen LogP contribution in [0.3, 0.4) is 0 Å². The van der Waals surface area contributed by atoms with Gasteiger partial charge in [-0.2, -0.15) is 0 Å². The molecule has 1 aliphatic rings. The molecule has 29 heavy (non-hydrogen) atoms. The molecule has 3 rings (SSSR count). The first-order valence-electron chi connectivity index (χ1n) is 9.53. The molecule has 1 saturated heterocycles. The number of amides is 2. The number of carbonyl (C=O) groups excluding carboxylic acids is 2. The molecule has 152 valence electrons. The largest absolute Gasteiger partial charge is 0.493 e. The van der Waals surface area contributed by atoms with E-state index >= 15 is 0 Å². The molecule has 0 bridgehead atoms. The summed E-state index contributed by atoms with van der Waals surface area (Å²) >= 11 is 6.93. The van der Waals surface area contributed by atoms with Crippen LogP contribution in [0.15, 0.2) is 47.4 Å². The molecule has 0 atom stereocenters. The zero-order valence-electron chi connectivity index (χ0n) is 16.6. The second-order valence-electron chi connectivity index (χ2n) is 6.32. The first-order valence-corrected chi connectivity index (χ1v) is 10.7. The normalized spacial score (nSPS) is 15.3. The highest BCUT2D eigenvalue weighted by Gasteiger charge is 2.36. The second-order valence-corrected chi connectivity index (χ2v) is 7.75. The maximum absolute atomic E-state index is 12.9. The number of thioether (sulfide) groups is 1. The highest BCUT2D eigenvalue weighted by Crippen LogP contribution is 2.38. The Morgan fingerprint density at radius 1 is 1.10 bits per heavy atom. The summed E-state index contributed by atoms with van der Waals surface area (Å²) in [6, 6.07) is 12.6. The van der Waals surface area contributed by atoms with Crippen LogP contribution in [0.5, 0.6) is 5.75 Å². The van der Waals surface area contributed by atoms with Crippen molar-refractivity contribution in [3.63, 3.8) is 0 Å². The molecule has 2 amide bonds. The lowest BCUT2D eigenvalue weighted by Crippen LogP contribution is -2.27. The van der Waals surface area contributed by atoms with Gasteiger partial charge < -0.3 is 9.64 Å². The maximum Gasteiger partial charge on any atom is 0.298 e. The van der Waals surface area contributed by atoms with Gasteiger partial charge in [-0.1, -0.05) is 17.7 Å². The Balaban J connectivity index is 1.95. The summed E-state index contributed by atoms with van der Waals surface area (Å²) in [6.07, 6.45) is 1.71. The predicted octanol–water partition coefficient (Wildman–Crippen LogP) is 5.83. The van der Waals surface area contributed by atoms with Gasteiger partial charge in [0.15, 0.2) is 0 Å². The standard InChI is InChI=1S/C22H23ClN2O3S/c1-4-24(5-2)17-11-10-15(19(14-17)28-6-3)12-20-21(26)25(22(27)29-20)18-9-7-8-16(23)13-18/h7-14H,4-6H2,1-3H3. The van der Waals surface area contributed by atoms with E-state index in [0.717, 1.165) is 41.0 Å². The van der Waals surface area contributed by atoms with Gasteiger partial charge in [-0.05, 0) is 68.9 Å². The van der Waals surface area contributed by atoms with Gasteiger partial charge in [0, 0.05) is 35.4 Å². The number of hydrogen-bond acceptors (Lipinski definition) is 5. The molecule has 5 nitrogen and oxygen atoms in total. The SMILES string of the molecule is CCOc1cc(N(CC)CC)ccc1C=C1SC(=O)N(c2cccc(Cl)c2)C1=O. The third-order valence-corrected chi connectivity index (χ3v) is 5.68. The number of rotatable bonds is 7. The average Bonchev–Trinajstić information content (AvgIpc) is 2.98. The topological polar surface area (TPSA) is 49.9 Å². The molecule has 0 N–H and O–H groups in total. The lowest BCUT2D eigenvalue weighted by atomic mass is 10.1. The van der Waals surface area contributed by atoms with Crippen molar-refractivity contribution in [2.24, 2.45) is 0 Å². The van der Waals surface area contributed by atoms with Gasteiger partial charge in [-0.15, -0.1) is 0 Å². The zero-order valence-corrected chi connectivity index (χ0v) is 18.2. The Labute approximate surface area is 180 Å². The monoisotopic (exact) mass is 430 g/mol. The van der Waals surface area contributed by atoms with E-state index in [1.165, 1.54) is 0 Å². The molecule has 1 aliphatic heterocycles. The lowest BCUT2D eigenvalue weighted by Gasteiger charge is -2.22. The highest BCUT2D eigenvalue weighted by molar-refractivity contribution is 8.19. The first kappa shape index (κ1) is 21.3. The Bertz CT molecular complexity index is 957. The second kappa shape index (κ2) is 9.37. The number of benzene rings is 2. The van der Waals surface area contributed by atoms with Crippen LogP contribution >= 0.6 is 23.4 Å². The summed E-state index contributed by atoms with van der Waals surface area (Å²) in [6.45, 7) is 8.40. The Hall–Kier alpha value is -2.44. The van der Waals surface area contributed by atoms with Crippen molar-refractivity contribution >= 4 is 52.0 Å². The van der Waals surface area contributed by atoms with Crippen molar-refractivity contribution in [1.29, 1.82) is 0 Å². The molecule has 2 aromatic carbocycles. The van der Waals surface area contributed by atoms with Gasteiger partial charge in [0.25, 0.3) is 11.1 Å². The summed E-state index contributed by atoms with van der Waals surface area (Å²) in [5.41, 5.74) is 2.28. The van der Waals surface area contributed by atoms with Crippen molar-refractivity contribution in [2.45, 2.75) is 20.8 Å². The van der Waals surface area contributed by atoms with Gasteiger partial charge in [-0.3, -0.25) is 9.59 Å². The quantitative estimate of drug-likeness (QED) is 0.517. The van der Waals surface area contributed by atoms with Crippen LogP contribution in [0, 0.1) is 0 Å². The lowest BCUT2D eigenvalue weighted by molar-refractivity contribution is -0.113. The summed E-state index contributed by atoms with van der Waals surface area (Å²) in [5, 5.41) is 0.123. The fourth-order valence-corrected chi connectivity index (χ4v) is 4.17. The van der Waals surface area contributed by atoms with E-state index in [-0.39, 0.29) is 11.1 Å². The number of nitrogens with zero attached hydrogens (tertiary/aromatic N) is 2. The maximum atomic E-state index is 12.9. The molecule has 1 fully saturated rings. The minimum atomic E-state index is -0.363. The Kier molecular flexibility index (Phi) is 6.87. The van der Waals surface area contributed by atoms with Crippen molar-refractivity contribution < 1.29 is 14.3 Å². The van der Waals surface area contributed by atoms with Gasteiger partial charge in [0.2, 0.25) is 0 Å². The number of imide groups is 1. The summed E-state index contributed by atoms with van der Waals surface area (Å²) < 4.78 is 5.81. The molecule has 0 saturated carbocycles. The molecule has 0 aromatic heterocycles. The minimum Gasteiger partial charge on any atom is -0.493 e. The molecule has 0 radical (unpaired) electrons. The van der Waals surface area contributed by atoms with Crippen molar-refractivity contribution in [3.05, 3.63) is 58.0 Å². The molecular weight excluding hydrogens is 408 g/mol. The van der Waals surface area contributed by atoms with Gasteiger partial charge in [0.05, 0.1) is 17.2 Å². The summed E-state index contributed by atoms with van der Waals surface area (Å²) in [4.78, 5) is 29.1. The molecular formula is C22H23ClN2O3S. The van der Waals surface area contributed by atoms with E-state index in [1.807, 2.05) is 25.1 Å². The number of hydrogen-bond donors (Lipinski definition) is 0. The third kappa shape index (κ3) is 4.60. The van der Waals surface area contributed by atoms with E-state index < -0.39 is 0 Å². The number of ether oxygens (including phenoxy) is 1. The highest BCUT2D eigenvalue weighted by atomic mass is 35.5. The summed E-state index contributed by atoms with van der Waals surface area (Å²) in [7, 11) is 0. The minimum absolute atomic E-state index is 0.346. The fraction of sp³-hybridized carbons (Fsp3) is 0.273. The fourth-order valence-electron chi connectivity index (χ4n) is 3.16. The average molecular weight is 431 g/mol. The molecule has 7 heteroatoms. The molecule has 0 aliphatic carbocycles. The number of anilines is 2. The van der Waals surface area contributed by atoms with Crippen molar-refractivity contribution in [1.82, 2.24) is 0 Å². The molecule has 1 heterocycles. The van der Waals surface area contributed by atoms with Gasteiger partial charge in [0.1, 0.15) is 5.75 Å². The van der Waals surface area contributed by atoms with Gasteiger partial charge >= 0.3 is 0 Å². The first-order chi connectivity index (χ1) is 14.0. The van der Waals surface area contributed by atoms with E-state index in [0.29, 0.717) is 28.0 Å². The van der Waals surface area contributed by atoms with Crippen molar-refractivity contribution in [2.75, 3.05) is 29.5 Å². The summed E-state index contributed by atoms with van der Waals surface area (Å²) in [5.74, 6) is 0.323. The van der Waals surface area contributed by atoms with E-state index in [1.54, 1.807) is 30.3 Å². The van der Waals surface area contributed by atoms with Crippen LogP contribution in [-0.2, 0) is 4.79 Å². The van der Waals surface area contributed by atoms with Crippen molar-refractivity contribution in [3.8, 4) is 5.75 Å². The van der Waals surface area contributed by atoms with Crippen LogP contribution in [0.2, 0.25) is 5.02 Å².